The van der Waals surface area contributed by atoms with Crippen molar-refractivity contribution in [2.45, 2.75) is 45.8 Å². The molecule has 0 saturated carbocycles. The molecule has 0 heterocycles. The van der Waals surface area contributed by atoms with Crippen LogP contribution in [-0.4, -0.2) is 25.1 Å². The van der Waals surface area contributed by atoms with E-state index in [1.54, 1.807) is 6.92 Å². The zero-order valence-electron chi connectivity index (χ0n) is 12.2. The molecule has 0 aliphatic heterocycles. The quantitative estimate of drug-likeness (QED) is 0.796. The Kier molecular flexibility index (Phi) is 6.19. The zero-order valence-corrected chi connectivity index (χ0v) is 12.2. The summed E-state index contributed by atoms with van der Waals surface area (Å²) >= 11 is 0. The van der Waals surface area contributed by atoms with Crippen LogP contribution < -0.4 is 15.4 Å². The van der Waals surface area contributed by atoms with Gasteiger partial charge in [-0.2, -0.15) is 0 Å². The number of amides is 1. The Morgan fingerprint density at radius 1 is 1.21 bits per heavy atom. The lowest BCUT2D eigenvalue weighted by Crippen LogP contribution is -2.42. The third-order valence-corrected chi connectivity index (χ3v) is 3.16. The Bertz CT molecular complexity index is 386. The second kappa shape index (κ2) is 7.67. The maximum absolute atomic E-state index is 12.0. The molecule has 0 saturated heterocycles. The van der Waals surface area contributed by atoms with Gasteiger partial charge in [0.15, 0.2) is 6.10 Å². The number of rotatable bonds is 7. The lowest BCUT2D eigenvalue weighted by Gasteiger charge is -2.19. The van der Waals surface area contributed by atoms with Crippen molar-refractivity contribution in [2.24, 2.45) is 0 Å². The normalized spacial score (nSPS) is 12.1. The van der Waals surface area contributed by atoms with E-state index < -0.39 is 6.10 Å². The van der Waals surface area contributed by atoms with Crippen molar-refractivity contribution >= 4 is 11.6 Å². The molecule has 0 aliphatic rings. The summed E-state index contributed by atoms with van der Waals surface area (Å²) in [5.41, 5.74) is 1.02. The summed E-state index contributed by atoms with van der Waals surface area (Å²) in [7, 11) is 1.86. The van der Waals surface area contributed by atoms with Crippen LogP contribution in [0.4, 0.5) is 5.69 Å². The van der Waals surface area contributed by atoms with Crippen LogP contribution in [0, 0.1) is 0 Å². The fraction of sp³-hybridized carbons (Fsp3) is 0.533. The van der Waals surface area contributed by atoms with Crippen LogP contribution in [0.25, 0.3) is 0 Å². The monoisotopic (exact) mass is 264 g/mol. The molecule has 1 unspecified atom stereocenters. The van der Waals surface area contributed by atoms with E-state index in [0.29, 0.717) is 5.75 Å². The van der Waals surface area contributed by atoms with Gasteiger partial charge in [-0.25, -0.2) is 0 Å². The minimum absolute atomic E-state index is 0.0635. The fourth-order valence-corrected chi connectivity index (χ4v) is 1.77. The highest BCUT2D eigenvalue weighted by molar-refractivity contribution is 5.81. The molecule has 106 valence electrons. The molecule has 0 aromatic heterocycles. The van der Waals surface area contributed by atoms with Gasteiger partial charge in [0.05, 0.1) is 0 Å². The molecular weight excluding hydrogens is 240 g/mol. The SMILES string of the molecule is CCC(CC)NC(=O)C(C)Oc1ccc(NC)cc1. The molecule has 0 spiro atoms. The average molecular weight is 264 g/mol. The number of anilines is 1. The van der Waals surface area contributed by atoms with Gasteiger partial charge in [-0.05, 0) is 44.0 Å². The topological polar surface area (TPSA) is 50.4 Å². The lowest BCUT2D eigenvalue weighted by molar-refractivity contribution is -0.128. The van der Waals surface area contributed by atoms with Crippen molar-refractivity contribution in [3.63, 3.8) is 0 Å². The standard InChI is InChI=1S/C15H24N2O2/c1-5-12(6-2)17-15(18)11(3)19-14-9-7-13(16-4)8-10-14/h7-12,16H,5-6H2,1-4H3,(H,17,18). The van der Waals surface area contributed by atoms with E-state index in [1.807, 2.05) is 31.3 Å². The largest absolute Gasteiger partial charge is 0.481 e. The van der Waals surface area contributed by atoms with Crippen molar-refractivity contribution < 1.29 is 9.53 Å². The van der Waals surface area contributed by atoms with Gasteiger partial charge in [-0.15, -0.1) is 0 Å². The molecule has 0 aliphatic carbocycles. The molecule has 0 fully saturated rings. The zero-order chi connectivity index (χ0) is 14.3. The Balaban J connectivity index is 2.53. The summed E-state index contributed by atoms with van der Waals surface area (Å²) in [6.45, 7) is 5.90. The highest BCUT2D eigenvalue weighted by Gasteiger charge is 2.17. The predicted molar refractivity (Wildman–Crippen MR) is 78.6 cm³/mol. The molecule has 19 heavy (non-hydrogen) atoms. The van der Waals surface area contributed by atoms with Gasteiger partial charge in [0.1, 0.15) is 5.75 Å². The Labute approximate surface area is 115 Å². The maximum Gasteiger partial charge on any atom is 0.260 e. The number of benzene rings is 1. The van der Waals surface area contributed by atoms with E-state index in [4.69, 9.17) is 4.74 Å². The van der Waals surface area contributed by atoms with Crippen LogP contribution in [0.2, 0.25) is 0 Å². The van der Waals surface area contributed by atoms with Crippen LogP contribution in [0.3, 0.4) is 0 Å². The molecule has 2 N–H and O–H groups in total. The second-order valence-electron chi connectivity index (χ2n) is 4.56. The minimum Gasteiger partial charge on any atom is -0.481 e. The Morgan fingerprint density at radius 2 is 1.79 bits per heavy atom. The number of nitrogens with one attached hydrogen (secondary N) is 2. The van der Waals surface area contributed by atoms with Crippen molar-refractivity contribution in [2.75, 3.05) is 12.4 Å². The summed E-state index contributed by atoms with van der Waals surface area (Å²) in [5.74, 6) is 0.637. The molecule has 1 rings (SSSR count). The smallest absolute Gasteiger partial charge is 0.260 e. The molecule has 0 radical (unpaired) electrons. The maximum atomic E-state index is 12.0. The van der Waals surface area contributed by atoms with Gasteiger partial charge >= 0.3 is 0 Å². The van der Waals surface area contributed by atoms with Crippen LogP contribution in [0.5, 0.6) is 5.75 Å². The van der Waals surface area contributed by atoms with E-state index in [1.165, 1.54) is 0 Å². The summed E-state index contributed by atoms with van der Waals surface area (Å²) in [5, 5.41) is 6.02. The number of carbonyl (C=O) groups excluding carboxylic acids is 1. The first-order valence-electron chi connectivity index (χ1n) is 6.85. The van der Waals surface area contributed by atoms with E-state index in [0.717, 1.165) is 18.5 Å². The van der Waals surface area contributed by atoms with Gasteiger partial charge in [-0.3, -0.25) is 4.79 Å². The highest BCUT2D eigenvalue weighted by Crippen LogP contribution is 2.16. The lowest BCUT2D eigenvalue weighted by atomic mass is 10.1. The van der Waals surface area contributed by atoms with Crippen LogP contribution >= 0.6 is 0 Å². The van der Waals surface area contributed by atoms with E-state index in [9.17, 15) is 4.79 Å². The Morgan fingerprint density at radius 3 is 2.26 bits per heavy atom. The fourth-order valence-electron chi connectivity index (χ4n) is 1.77. The van der Waals surface area contributed by atoms with Gasteiger partial charge in [0, 0.05) is 18.8 Å². The van der Waals surface area contributed by atoms with Gasteiger partial charge in [0.25, 0.3) is 5.91 Å². The van der Waals surface area contributed by atoms with E-state index >= 15 is 0 Å². The number of ether oxygens (including phenoxy) is 1. The first-order valence-corrected chi connectivity index (χ1v) is 6.85. The van der Waals surface area contributed by atoms with E-state index in [2.05, 4.69) is 24.5 Å². The van der Waals surface area contributed by atoms with Gasteiger partial charge in [-0.1, -0.05) is 13.8 Å². The molecule has 4 nitrogen and oxygen atoms in total. The molecule has 1 aromatic carbocycles. The molecule has 1 aromatic rings. The van der Waals surface area contributed by atoms with Crippen molar-refractivity contribution in [1.29, 1.82) is 0 Å². The summed E-state index contributed by atoms with van der Waals surface area (Å²) in [6, 6.07) is 7.77. The Hall–Kier alpha value is -1.71. The van der Waals surface area contributed by atoms with Crippen LogP contribution in [0.1, 0.15) is 33.6 Å². The van der Waals surface area contributed by atoms with Gasteiger partial charge in [0.2, 0.25) is 0 Å². The molecule has 4 heteroatoms. The third kappa shape index (κ3) is 4.81. The number of hydrogen-bond acceptors (Lipinski definition) is 3. The van der Waals surface area contributed by atoms with Crippen LogP contribution in [0.15, 0.2) is 24.3 Å². The molecule has 0 bridgehead atoms. The van der Waals surface area contributed by atoms with Crippen molar-refractivity contribution in [1.82, 2.24) is 5.32 Å². The van der Waals surface area contributed by atoms with Crippen LogP contribution in [-0.2, 0) is 4.79 Å². The third-order valence-electron chi connectivity index (χ3n) is 3.16. The molecule has 1 atom stereocenters. The predicted octanol–water partition coefficient (Wildman–Crippen LogP) is 2.80. The molecular formula is C15H24N2O2. The van der Waals surface area contributed by atoms with E-state index in [-0.39, 0.29) is 11.9 Å². The van der Waals surface area contributed by atoms with Gasteiger partial charge < -0.3 is 15.4 Å². The van der Waals surface area contributed by atoms with Crippen molar-refractivity contribution in [3.05, 3.63) is 24.3 Å². The first kappa shape index (κ1) is 15.3. The molecule has 1 amide bonds. The summed E-state index contributed by atoms with van der Waals surface area (Å²) in [6.07, 6.45) is 1.39. The number of carbonyl (C=O) groups is 1. The van der Waals surface area contributed by atoms with Crippen molar-refractivity contribution in [3.8, 4) is 5.75 Å². The highest BCUT2D eigenvalue weighted by atomic mass is 16.5. The minimum atomic E-state index is -0.485. The second-order valence-corrected chi connectivity index (χ2v) is 4.56. The average Bonchev–Trinajstić information content (AvgIpc) is 2.45. The summed E-state index contributed by atoms with van der Waals surface area (Å²) < 4.78 is 5.63. The summed E-state index contributed by atoms with van der Waals surface area (Å²) in [4.78, 5) is 12.0. The first-order chi connectivity index (χ1) is 9.10. The number of hydrogen-bond donors (Lipinski definition) is 2.